The predicted molar refractivity (Wildman–Crippen MR) is 59.8 cm³/mol. The summed E-state index contributed by atoms with van der Waals surface area (Å²) in [7, 11) is 0. The maximum absolute atomic E-state index is 5.67. The van der Waals surface area contributed by atoms with E-state index < -0.39 is 0 Å². The van der Waals surface area contributed by atoms with Gasteiger partial charge in [0.15, 0.2) is 0 Å². The van der Waals surface area contributed by atoms with Crippen molar-refractivity contribution in [3.05, 3.63) is 12.7 Å². The van der Waals surface area contributed by atoms with E-state index in [0.717, 1.165) is 32.0 Å². The van der Waals surface area contributed by atoms with Gasteiger partial charge in [0.2, 0.25) is 0 Å². The second kappa shape index (κ2) is 6.60. The van der Waals surface area contributed by atoms with Crippen molar-refractivity contribution in [2.45, 2.75) is 32.3 Å². The first-order valence-electron chi connectivity index (χ1n) is 5.41. The molecule has 0 aromatic heterocycles. The minimum Gasteiger partial charge on any atom is -0.370 e. The van der Waals surface area contributed by atoms with Crippen molar-refractivity contribution in [3.63, 3.8) is 0 Å². The molecule has 3 heteroatoms. The van der Waals surface area contributed by atoms with Crippen LogP contribution in [0.1, 0.15) is 26.2 Å². The molecule has 1 unspecified atom stereocenters. The first kappa shape index (κ1) is 11.2. The second-order valence-electron chi connectivity index (χ2n) is 3.43. The van der Waals surface area contributed by atoms with Crippen LogP contribution in [0.25, 0.3) is 0 Å². The zero-order valence-electron chi connectivity index (χ0n) is 8.96. The lowest BCUT2D eigenvalue weighted by molar-refractivity contribution is 0.121. The van der Waals surface area contributed by atoms with E-state index in [9.17, 15) is 0 Å². The largest absolute Gasteiger partial charge is 0.370 e. The molecule has 1 aliphatic heterocycles. The van der Waals surface area contributed by atoms with Gasteiger partial charge in [-0.25, -0.2) is 0 Å². The van der Waals surface area contributed by atoms with Gasteiger partial charge >= 0.3 is 0 Å². The molecule has 0 saturated carbocycles. The molecule has 0 bridgehead atoms. The highest BCUT2D eigenvalue weighted by molar-refractivity contribution is 5.89. The Balaban J connectivity index is 2.21. The summed E-state index contributed by atoms with van der Waals surface area (Å²) in [6.07, 6.45) is 5.34. The lowest BCUT2D eigenvalue weighted by atomic mass is 10.2. The number of nitrogens with zero attached hydrogens (tertiary/aromatic N) is 1. The van der Waals surface area contributed by atoms with Crippen LogP contribution in [0, 0.1) is 0 Å². The molecule has 1 heterocycles. The van der Waals surface area contributed by atoms with Crippen LogP contribution in [0.5, 0.6) is 0 Å². The monoisotopic (exact) mass is 196 g/mol. The molecule has 3 nitrogen and oxygen atoms in total. The lowest BCUT2D eigenvalue weighted by Crippen LogP contribution is -2.32. The second-order valence-corrected chi connectivity index (χ2v) is 3.43. The number of hydrogen-bond acceptors (Lipinski definition) is 3. The normalized spacial score (nSPS) is 17.4. The number of unbranched alkanes of at least 4 members (excludes halogenated alkanes) is 2. The molecule has 1 atom stereocenters. The van der Waals surface area contributed by atoms with Crippen molar-refractivity contribution >= 4 is 5.84 Å². The average Bonchev–Trinajstić information content (AvgIpc) is 2.71. The van der Waals surface area contributed by atoms with Crippen molar-refractivity contribution in [2.75, 3.05) is 19.7 Å². The first-order chi connectivity index (χ1) is 6.88. The molecule has 0 aromatic carbocycles. The minimum atomic E-state index is -0.0330. The molecule has 0 aliphatic carbocycles. The van der Waals surface area contributed by atoms with E-state index in [0.29, 0.717) is 0 Å². The number of hydrogen-bond donors (Lipinski definition) is 1. The van der Waals surface area contributed by atoms with Gasteiger partial charge in [-0.3, -0.25) is 4.99 Å². The molecule has 0 radical (unpaired) electrons. The third kappa shape index (κ3) is 3.50. The summed E-state index contributed by atoms with van der Waals surface area (Å²) in [4.78, 5) is 4.32. The third-order valence-corrected chi connectivity index (χ3v) is 2.23. The number of rotatable bonds is 7. The molecule has 1 aliphatic rings. The summed E-state index contributed by atoms with van der Waals surface area (Å²) in [5.74, 6) is 0.941. The van der Waals surface area contributed by atoms with E-state index in [-0.39, 0.29) is 6.10 Å². The average molecular weight is 196 g/mol. The minimum absolute atomic E-state index is 0.0330. The molecular weight excluding hydrogens is 176 g/mol. The van der Waals surface area contributed by atoms with Gasteiger partial charge in [-0.2, -0.15) is 0 Å². The lowest BCUT2D eigenvalue weighted by Gasteiger charge is -2.14. The Morgan fingerprint density at radius 3 is 3.07 bits per heavy atom. The van der Waals surface area contributed by atoms with Gasteiger partial charge in [0.1, 0.15) is 11.9 Å². The van der Waals surface area contributed by atoms with Crippen molar-refractivity contribution < 1.29 is 4.74 Å². The predicted octanol–water partition coefficient (Wildman–Crippen LogP) is 1.75. The van der Waals surface area contributed by atoms with Crippen LogP contribution in [0.3, 0.4) is 0 Å². The molecule has 1 N–H and O–H groups in total. The topological polar surface area (TPSA) is 33.6 Å². The Morgan fingerprint density at radius 2 is 2.50 bits per heavy atom. The van der Waals surface area contributed by atoms with E-state index in [1.807, 2.05) is 6.08 Å². The van der Waals surface area contributed by atoms with Gasteiger partial charge in [-0.1, -0.05) is 25.8 Å². The zero-order valence-corrected chi connectivity index (χ0v) is 8.96. The van der Waals surface area contributed by atoms with Gasteiger partial charge in [0, 0.05) is 13.2 Å². The van der Waals surface area contributed by atoms with E-state index in [1.165, 1.54) is 12.8 Å². The van der Waals surface area contributed by atoms with Crippen LogP contribution in [0.2, 0.25) is 0 Å². The van der Waals surface area contributed by atoms with Crippen molar-refractivity contribution in [1.82, 2.24) is 5.32 Å². The van der Waals surface area contributed by atoms with E-state index in [2.05, 4.69) is 23.8 Å². The van der Waals surface area contributed by atoms with Crippen molar-refractivity contribution in [3.8, 4) is 0 Å². The number of amidine groups is 1. The fourth-order valence-corrected chi connectivity index (χ4v) is 1.43. The first-order valence-corrected chi connectivity index (χ1v) is 5.41. The summed E-state index contributed by atoms with van der Waals surface area (Å²) in [5, 5.41) is 3.20. The molecule has 0 aromatic rings. The van der Waals surface area contributed by atoms with Crippen LogP contribution in [0.15, 0.2) is 17.6 Å². The Hall–Kier alpha value is -0.830. The highest BCUT2D eigenvalue weighted by Gasteiger charge is 2.15. The maximum atomic E-state index is 5.67. The smallest absolute Gasteiger partial charge is 0.132 e. The van der Waals surface area contributed by atoms with Crippen LogP contribution < -0.4 is 5.32 Å². The number of aliphatic imine (C=N–C) groups is 1. The maximum Gasteiger partial charge on any atom is 0.132 e. The molecule has 0 fully saturated rings. The van der Waals surface area contributed by atoms with Gasteiger partial charge < -0.3 is 10.1 Å². The van der Waals surface area contributed by atoms with Gasteiger partial charge in [-0.05, 0) is 6.42 Å². The molecule has 1 rings (SSSR count). The van der Waals surface area contributed by atoms with E-state index in [1.54, 1.807) is 0 Å². The Labute approximate surface area is 86.3 Å². The molecule has 0 amide bonds. The van der Waals surface area contributed by atoms with Gasteiger partial charge in [-0.15, -0.1) is 6.58 Å². The fourth-order valence-electron chi connectivity index (χ4n) is 1.43. The van der Waals surface area contributed by atoms with Crippen molar-refractivity contribution in [1.29, 1.82) is 0 Å². The number of nitrogens with one attached hydrogen (secondary N) is 1. The summed E-state index contributed by atoms with van der Waals surface area (Å²) in [5.41, 5.74) is 0. The summed E-state index contributed by atoms with van der Waals surface area (Å²) in [6.45, 7) is 8.53. The summed E-state index contributed by atoms with van der Waals surface area (Å²) >= 11 is 0. The number of ether oxygens (including phenoxy) is 1. The molecule has 14 heavy (non-hydrogen) atoms. The van der Waals surface area contributed by atoms with Gasteiger partial charge in [0.05, 0.1) is 6.54 Å². The highest BCUT2D eigenvalue weighted by Crippen LogP contribution is 2.02. The SMILES string of the molecule is C=CC(OCCCCC)C1=NCCN1. The molecule has 0 spiro atoms. The Kier molecular flexibility index (Phi) is 5.30. The van der Waals surface area contributed by atoms with Crippen molar-refractivity contribution in [2.24, 2.45) is 4.99 Å². The van der Waals surface area contributed by atoms with E-state index >= 15 is 0 Å². The zero-order chi connectivity index (χ0) is 10.2. The van der Waals surface area contributed by atoms with Crippen LogP contribution in [-0.4, -0.2) is 31.6 Å². The van der Waals surface area contributed by atoms with Gasteiger partial charge in [0.25, 0.3) is 0 Å². The van der Waals surface area contributed by atoms with Crippen LogP contribution in [0.4, 0.5) is 0 Å². The Morgan fingerprint density at radius 1 is 1.64 bits per heavy atom. The molecule has 80 valence electrons. The Bertz CT molecular complexity index is 201. The summed E-state index contributed by atoms with van der Waals surface area (Å²) in [6, 6.07) is 0. The van der Waals surface area contributed by atoms with E-state index in [4.69, 9.17) is 4.74 Å². The fraction of sp³-hybridized carbons (Fsp3) is 0.727. The highest BCUT2D eigenvalue weighted by atomic mass is 16.5. The molecule has 0 saturated heterocycles. The third-order valence-electron chi connectivity index (χ3n) is 2.23. The van der Waals surface area contributed by atoms with Crippen LogP contribution >= 0.6 is 0 Å². The quantitative estimate of drug-likeness (QED) is 0.497. The molecular formula is C11H20N2O. The summed E-state index contributed by atoms with van der Waals surface area (Å²) < 4.78 is 5.67. The van der Waals surface area contributed by atoms with Crippen LogP contribution in [-0.2, 0) is 4.74 Å². The standard InChI is InChI=1S/C11H20N2O/c1-3-5-6-9-14-10(4-2)11-12-7-8-13-11/h4,10H,2-3,5-9H2,1H3,(H,12,13).